The summed E-state index contributed by atoms with van der Waals surface area (Å²) < 4.78 is 49.8. The summed E-state index contributed by atoms with van der Waals surface area (Å²) >= 11 is 0. The van der Waals surface area contributed by atoms with Crippen molar-refractivity contribution in [2.75, 3.05) is 23.5 Å². The summed E-state index contributed by atoms with van der Waals surface area (Å²) in [6.07, 6.45) is 2.28. The Labute approximate surface area is 126 Å². The van der Waals surface area contributed by atoms with Crippen LogP contribution in [0, 0.1) is 11.6 Å². The predicted molar refractivity (Wildman–Crippen MR) is 79.5 cm³/mol. The van der Waals surface area contributed by atoms with Crippen LogP contribution in [0.2, 0.25) is 0 Å². The van der Waals surface area contributed by atoms with Crippen LogP contribution in [0.1, 0.15) is 12.8 Å². The normalized spacial score (nSPS) is 18.5. The number of hydrogen-bond donors (Lipinski definition) is 0. The lowest BCUT2D eigenvalue weighted by molar-refractivity contribution is 0.510. The van der Waals surface area contributed by atoms with Crippen molar-refractivity contribution in [3.8, 4) is 0 Å². The fraction of sp³-hybridized carbons (Fsp3) is 0.429. The lowest BCUT2D eigenvalue weighted by Crippen LogP contribution is -2.39. The second-order valence-corrected chi connectivity index (χ2v) is 7.78. The fourth-order valence-corrected chi connectivity index (χ4v) is 4.22. The zero-order chi connectivity index (χ0) is 15.9. The van der Waals surface area contributed by atoms with Gasteiger partial charge in [0.05, 0.1) is 17.0 Å². The van der Waals surface area contributed by atoms with Gasteiger partial charge in [-0.25, -0.2) is 27.2 Å². The molecule has 3 rings (SSSR count). The highest BCUT2D eigenvalue weighted by Gasteiger charge is 2.27. The summed E-state index contributed by atoms with van der Waals surface area (Å²) in [4.78, 5) is 9.95. The minimum Gasteiger partial charge on any atom is -0.356 e. The smallest absolute Gasteiger partial charge is 0.161 e. The average molecular weight is 327 g/mol. The Morgan fingerprint density at radius 2 is 1.77 bits per heavy atom. The van der Waals surface area contributed by atoms with Crippen LogP contribution in [0.15, 0.2) is 18.5 Å². The van der Waals surface area contributed by atoms with E-state index in [1.807, 2.05) is 4.90 Å². The first-order valence-corrected chi connectivity index (χ1v) is 8.72. The van der Waals surface area contributed by atoms with E-state index in [-0.39, 0.29) is 17.5 Å². The molecule has 8 heteroatoms. The van der Waals surface area contributed by atoms with Gasteiger partial charge in [0.25, 0.3) is 0 Å². The summed E-state index contributed by atoms with van der Waals surface area (Å²) in [5.41, 5.74) is 0.319. The van der Waals surface area contributed by atoms with Crippen LogP contribution in [0.4, 0.5) is 14.6 Å². The van der Waals surface area contributed by atoms with Gasteiger partial charge < -0.3 is 4.90 Å². The van der Waals surface area contributed by atoms with Crippen LogP contribution in [-0.2, 0) is 9.84 Å². The SMILES string of the molecule is CN(c1ncnc2cc(F)c(F)cc12)C1CCS(=O)(=O)CC1. The average Bonchev–Trinajstić information content (AvgIpc) is 2.47. The number of anilines is 1. The van der Waals surface area contributed by atoms with Crippen LogP contribution in [-0.4, -0.2) is 43.0 Å². The van der Waals surface area contributed by atoms with Crippen molar-refractivity contribution in [3.63, 3.8) is 0 Å². The number of nitrogens with zero attached hydrogens (tertiary/aromatic N) is 3. The van der Waals surface area contributed by atoms with Gasteiger partial charge in [-0.1, -0.05) is 0 Å². The van der Waals surface area contributed by atoms with Crippen molar-refractivity contribution in [2.24, 2.45) is 0 Å². The van der Waals surface area contributed by atoms with Gasteiger partial charge in [-0.15, -0.1) is 0 Å². The van der Waals surface area contributed by atoms with E-state index in [0.717, 1.165) is 12.1 Å². The van der Waals surface area contributed by atoms with Crippen LogP contribution in [0.3, 0.4) is 0 Å². The molecule has 2 heterocycles. The molecule has 1 aliphatic rings. The number of benzene rings is 1. The summed E-state index contributed by atoms with van der Waals surface area (Å²) in [5, 5.41) is 0.414. The maximum atomic E-state index is 13.5. The van der Waals surface area contributed by atoms with Gasteiger partial charge in [0, 0.05) is 24.5 Å². The molecule has 1 aliphatic heterocycles. The van der Waals surface area contributed by atoms with Crippen LogP contribution in [0.5, 0.6) is 0 Å². The van der Waals surface area contributed by atoms with Gasteiger partial charge in [0.2, 0.25) is 0 Å². The van der Waals surface area contributed by atoms with E-state index in [1.165, 1.54) is 6.33 Å². The number of halogens is 2. The minimum atomic E-state index is -2.96. The molecule has 0 atom stereocenters. The third-order valence-corrected chi connectivity index (χ3v) is 5.78. The number of fused-ring (bicyclic) bond motifs is 1. The van der Waals surface area contributed by atoms with Crippen molar-refractivity contribution in [2.45, 2.75) is 18.9 Å². The Morgan fingerprint density at radius 1 is 1.14 bits per heavy atom. The van der Waals surface area contributed by atoms with Crippen molar-refractivity contribution in [3.05, 3.63) is 30.1 Å². The molecule has 0 saturated carbocycles. The van der Waals surface area contributed by atoms with Crippen LogP contribution < -0.4 is 4.90 Å². The molecule has 118 valence electrons. The molecule has 1 fully saturated rings. The molecule has 5 nitrogen and oxygen atoms in total. The summed E-state index contributed by atoms with van der Waals surface area (Å²) in [6, 6.07) is 2.11. The van der Waals surface area contributed by atoms with Crippen molar-refractivity contribution in [1.82, 2.24) is 9.97 Å². The molecule has 1 saturated heterocycles. The molecule has 1 aromatic carbocycles. The molecule has 1 aromatic heterocycles. The lowest BCUT2D eigenvalue weighted by atomic mass is 10.1. The van der Waals surface area contributed by atoms with Gasteiger partial charge in [-0.05, 0) is 18.9 Å². The van der Waals surface area contributed by atoms with Crippen molar-refractivity contribution < 1.29 is 17.2 Å². The largest absolute Gasteiger partial charge is 0.356 e. The van der Waals surface area contributed by atoms with Gasteiger partial charge in [-0.3, -0.25) is 0 Å². The molecular formula is C14H15F2N3O2S. The third-order valence-electron chi connectivity index (χ3n) is 4.06. The maximum Gasteiger partial charge on any atom is 0.161 e. The van der Waals surface area contributed by atoms with Gasteiger partial charge in [0.1, 0.15) is 22.0 Å². The zero-order valence-electron chi connectivity index (χ0n) is 12.0. The number of aromatic nitrogens is 2. The third kappa shape index (κ3) is 2.75. The molecule has 0 aliphatic carbocycles. The minimum absolute atomic E-state index is 0.00487. The highest BCUT2D eigenvalue weighted by Crippen LogP contribution is 2.28. The van der Waals surface area contributed by atoms with E-state index in [9.17, 15) is 17.2 Å². The Balaban J connectivity index is 1.97. The fourth-order valence-electron chi connectivity index (χ4n) is 2.76. The molecular weight excluding hydrogens is 312 g/mol. The number of rotatable bonds is 2. The highest BCUT2D eigenvalue weighted by atomic mass is 32.2. The molecule has 22 heavy (non-hydrogen) atoms. The van der Waals surface area contributed by atoms with E-state index in [4.69, 9.17) is 0 Å². The summed E-state index contributed by atoms with van der Waals surface area (Å²) in [5.74, 6) is -1.16. The Kier molecular flexibility index (Phi) is 3.72. The van der Waals surface area contributed by atoms with E-state index in [0.29, 0.717) is 29.6 Å². The molecule has 0 amide bonds. The second kappa shape index (κ2) is 5.42. The van der Waals surface area contributed by atoms with Gasteiger partial charge in [0.15, 0.2) is 11.6 Å². The zero-order valence-corrected chi connectivity index (χ0v) is 12.8. The topological polar surface area (TPSA) is 63.2 Å². The molecule has 0 radical (unpaired) electrons. The Hall–Kier alpha value is -1.83. The van der Waals surface area contributed by atoms with E-state index in [1.54, 1.807) is 7.05 Å². The molecule has 0 spiro atoms. The van der Waals surface area contributed by atoms with Crippen LogP contribution in [0.25, 0.3) is 10.9 Å². The molecule has 0 bridgehead atoms. The lowest BCUT2D eigenvalue weighted by Gasteiger charge is -2.32. The van der Waals surface area contributed by atoms with E-state index in [2.05, 4.69) is 9.97 Å². The van der Waals surface area contributed by atoms with Crippen LogP contribution >= 0.6 is 0 Å². The molecule has 0 unspecified atom stereocenters. The summed E-state index contributed by atoms with van der Waals surface area (Å²) in [7, 11) is -1.17. The monoisotopic (exact) mass is 327 g/mol. The number of sulfone groups is 1. The first kappa shape index (κ1) is 15.1. The van der Waals surface area contributed by atoms with Crippen molar-refractivity contribution in [1.29, 1.82) is 0 Å². The Bertz CT molecular complexity index is 812. The van der Waals surface area contributed by atoms with E-state index >= 15 is 0 Å². The first-order valence-electron chi connectivity index (χ1n) is 6.90. The highest BCUT2D eigenvalue weighted by molar-refractivity contribution is 7.91. The first-order chi connectivity index (χ1) is 10.4. The second-order valence-electron chi connectivity index (χ2n) is 5.47. The predicted octanol–water partition coefficient (Wildman–Crippen LogP) is 1.92. The number of hydrogen-bond acceptors (Lipinski definition) is 5. The molecule has 0 N–H and O–H groups in total. The Morgan fingerprint density at radius 3 is 2.45 bits per heavy atom. The maximum absolute atomic E-state index is 13.5. The van der Waals surface area contributed by atoms with Gasteiger partial charge in [-0.2, -0.15) is 0 Å². The van der Waals surface area contributed by atoms with E-state index < -0.39 is 21.5 Å². The van der Waals surface area contributed by atoms with Crippen molar-refractivity contribution >= 4 is 26.6 Å². The molecule has 2 aromatic rings. The summed E-state index contributed by atoms with van der Waals surface area (Å²) in [6.45, 7) is 0. The van der Waals surface area contributed by atoms with Gasteiger partial charge >= 0.3 is 0 Å². The quantitative estimate of drug-likeness (QED) is 0.843. The standard InChI is InChI=1S/C14H15F2N3O2S/c1-19(9-2-4-22(20,21)5-3-9)14-10-6-11(15)12(16)7-13(10)17-8-18-14/h6-9H,2-5H2,1H3.